The molecule has 29 heavy (non-hydrogen) atoms. The summed E-state index contributed by atoms with van der Waals surface area (Å²) < 4.78 is 10.7. The van der Waals surface area contributed by atoms with Gasteiger partial charge in [-0.1, -0.05) is 44.6 Å². The first-order valence-electron chi connectivity index (χ1n) is 10.9. The maximum absolute atomic E-state index is 13.1. The third-order valence-electron chi connectivity index (χ3n) is 6.33. The number of benzene rings is 1. The summed E-state index contributed by atoms with van der Waals surface area (Å²) in [7, 11) is 0. The Morgan fingerprint density at radius 1 is 0.966 bits per heavy atom. The first-order valence-corrected chi connectivity index (χ1v) is 10.9. The van der Waals surface area contributed by atoms with Crippen LogP contribution in [0.4, 0.5) is 4.79 Å². The lowest BCUT2D eigenvalue weighted by atomic mass is 9.81. The molecule has 7 heteroatoms. The molecule has 1 aromatic rings. The summed E-state index contributed by atoms with van der Waals surface area (Å²) in [4.78, 5) is 25.8. The summed E-state index contributed by atoms with van der Waals surface area (Å²) in [5.74, 6) is 1.33. The van der Waals surface area contributed by atoms with E-state index in [2.05, 4.69) is 16.0 Å². The molecule has 2 fully saturated rings. The molecule has 0 saturated heterocycles. The van der Waals surface area contributed by atoms with Crippen molar-refractivity contribution < 1.29 is 19.1 Å². The number of rotatable bonds is 5. The summed E-state index contributed by atoms with van der Waals surface area (Å²) in [5.41, 5.74) is 0.119. The molecule has 0 bridgehead atoms. The van der Waals surface area contributed by atoms with E-state index in [1.54, 1.807) is 0 Å². The molecule has 1 aliphatic heterocycles. The third-order valence-corrected chi connectivity index (χ3v) is 6.33. The van der Waals surface area contributed by atoms with Crippen LogP contribution in [0.1, 0.15) is 69.8 Å². The largest absolute Gasteiger partial charge is 0.454 e. The Bertz CT molecular complexity index is 740. The van der Waals surface area contributed by atoms with Crippen LogP contribution in [-0.2, 0) is 11.3 Å². The second-order valence-corrected chi connectivity index (χ2v) is 8.45. The fourth-order valence-electron chi connectivity index (χ4n) is 4.65. The number of urea groups is 1. The maximum atomic E-state index is 13.1. The van der Waals surface area contributed by atoms with E-state index >= 15 is 0 Å². The first kappa shape index (κ1) is 19.9. The summed E-state index contributed by atoms with van der Waals surface area (Å²) in [6.07, 6.45) is 9.96. The molecule has 3 aliphatic rings. The van der Waals surface area contributed by atoms with Gasteiger partial charge in [0.1, 0.15) is 5.54 Å². The number of hydrogen-bond acceptors (Lipinski definition) is 4. The van der Waals surface area contributed by atoms with E-state index in [0.29, 0.717) is 25.1 Å². The van der Waals surface area contributed by atoms with Gasteiger partial charge in [-0.05, 0) is 43.4 Å². The molecule has 2 saturated carbocycles. The lowest BCUT2D eigenvalue weighted by Gasteiger charge is -2.37. The van der Waals surface area contributed by atoms with Crippen LogP contribution in [0.5, 0.6) is 11.5 Å². The van der Waals surface area contributed by atoms with Crippen LogP contribution >= 0.6 is 0 Å². The number of fused-ring (bicyclic) bond motifs is 1. The van der Waals surface area contributed by atoms with Crippen LogP contribution in [0, 0.1) is 0 Å². The van der Waals surface area contributed by atoms with Gasteiger partial charge in [-0.2, -0.15) is 0 Å². The Morgan fingerprint density at radius 2 is 1.69 bits per heavy atom. The smallest absolute Gasteiger partial charge is 0.315 e. The van der Waals surface area contributed by atoms with Crippen molar-refractivity contribution in [1.29, 1.82) is 0 Å². The number of carbonyl (C=O) groups excluding carboxylic acids is 2. The summed E-state index contributed by atoms with van der Waals surface area (Å²) in [6, 6.07) is 5.68. The molecule has 0 unspecified atom stereocenters. The van der Waals surface area contributed by atoms with Crippen molar-refractivity contribution in [3.63, 3.8) is 0 Å². The summed E-state index contributed by atoms with van der Waals surface area (Å²) >= 11 is 0. The van der Waals surface area contributed by atoms with E-state index in [0.717, 1.165) is 56.3 Å². The highest BCUT2D eigenvalue weighted by Gasteiger charge is 2.41. The normalized spacial score (nSPS) is 20.7. The van der Waals surface area contributed by atoms with Crippen molar-refractivity contribution in [2.45, 2.75) is 82.3 Å². The molecular formula is C22H31N3O4. The molecule has 7 nitrogen and oxygen atoms in total. The van der Waals surface area contributed by atoms with Gasteiger partial charge in [-0.3, -0.25) is 4.79 Å². The van der Waals surface area contributed by atoms with Gasteiger partial charge in [0, 0.05) is 12.6 Å². The Balaban J connectivity index is 1.37. The van der Waals surface area contributed by atoms with Crippen LogP contribution in [0.15, 0.2) is 18.2 Å². The predicted molar refractivity (Wildman–Crippen MR) is 109 cm³/mol. The number of nitrogens with one attached hydrogen (secondary N) is 3. The van der Waals surface area contributed by atoms with Gasteiger partial charge in [0.05, 0.1) is 0 Å². The molecule has 0 atom stereocenters. The van der Waals surface area contributed by atoms with Crippen LogP contribution in [0.25, 0.3) is 0 Å². The van der Waals surface area contributed by atoms with E-state index in [1.165, 1.54) is 6.42 Å². The zero-order valence-corrected chi connectivity index (χ0v) is 16.9. The van der Waals surface area contributed by atoms with Gasteiger partial charge in [-0.25, -0.2) is 4.79 Å². The lowest BCUT2D eigenvalue weighted by Crippen LogP contribution is -2.62. The molecule has 0 radical (unpaired) electrons. The molecule has 1 heterocycles. The number of carbonyl (C=O) groups is 2. The monoisotopic (exact) mass is 401 g/mol. The van der Waals surface area contributed by atoms with Crippen LogP contribution in [0.3, 0.4) is 0 Å². The van der Waals surface area contributed by atoms with Gasteiger partial charge >= 0.3 is 6.03 Å². The van der Waals surface area contributed by atoms with E-state index < -0.39 is 5.54 Å². The number of amides is 3. The van der Waals surface area contributed by atoms with Crippen molar-refractivity contribution in [3.8, 4) is 11.5 Å². The average molecular weight is 402 g/mol. The molecule has 0 spiro atoms. The Hall–Kier alpha value is -2.44. The summed E-state index contributed by atoms with van der Waals surface area (Å²) in [5, 5.41) is 9.17. The molecular weight excluding hydrogens is 370 g/mol. The van der Waals surface area contributed by atoms with E-state index in [1.807, 2.05) is 18.2 Å². The minimum atomic E-state index is -0.826. The number of hydrogen-bond donors (Lipinski definition) is 3. The van der Waals surface area contributed by atoms with Crippen LogP contribution in [0.2, 0.25) is 0 Å². The first-order chi connectivity index (χ1) is 14.1. The third kappa shape index (κ3) is 4.77. The zero-order valence-electron chi connectivity index (χ0n) is 16.9. The second-order valence-electron chi connectivity index (χ2n) is 8.45. The Kier molecular flexibility index (Phi) is 6.11. The van der Waals surface area contributed by atoms with E-state index in [4.69, 9.17) is 9.47 Å². The summed E-state index contributed by atoms with van der Waals surface area (Å²) in [6.45, 7) is 0.622. The van der Waals surface area contributed by atoms with Crippen molar-refractivity contribution in [3.05, 3.63) is 23.8 Å². The van der Waals surface area contributed by atoms with E-state index in [9.17, 15) is 9.59 Å². The Labute approximate surface area is 171 Å². The van der Waals surface area contributed by atoms with Crippen molar-refractivity contribution in [1.82, 2.24) is 16.0 Å². The van der Waals surface area contributed by atoms with Gasteiger partial charge in [0.25, 0.3) is 0 Å². The fourth-order valence-corrected chi connectivity index (χ4v) is 4.65. The standard InChI is InChI=1S/C22H31N3O4/c26-20(23-14-16-9-10-18-19(13-16)29-15-28-18)22(11-5-2-6-12-22)25-21(27)24-17-7-3-1-4-8-17/h9-10,13,17H,1-8,11-12,14-15H2,(H,23,26)(H2,24,25,27). The molecule has 158 valence electrons. The number of ether oxygens (including phenoxy) is 2. The molecule has 3 N–H and O–H groups in total. The molecule has 3 amide bonds. The van der Waals surface area contributed by atoms with Crippen LogP contribution < -0.4 is 25.4 Å². The Morgan fingerprint density at radius 3 is 2.48 bits per heavy atom. The molecule has 0 aromatic heterocycles. The topological polar surface area (TPSA) is 88.7 Å². The average Bonchev–Trinajstić information content (AvgIpc) is 3.21. The highest BCUT2D eigenvalue weighted by Crippen LogP contribution is 2.33. The lowest BCUT2D eigenvalue weighted by molar-refractivity contribution is -0.128. The van der Waals surface area contributed by atoms with E-state index in [-0.39, 0.29) is 24.8 Å². The minimum absolute atomic E-state index is 0.103. The quantitative estimate of drug-likeness (QED) is 0.706. The SMILES string of the molecule is O=C(NC1CCCCC1)NC1(C(=O)NCc2ccc3c(c2)OCO3)CCCCC1. The van der Waals surface area contributed by atoms with Gasteiger partial charge in [0.2, 0.25) is 12.7 Å². The van der Waals surface area contributed by atoms with Gasteiger partial charge < -0.3 is 25.4 Å². The zero-order chi connectivity index (χ0) is 20.1. The van der Waals surface area contributed by atoms with Crippen molar-refractivity contribution in [2.24, 2.45) is 0 Å². The predicted octanol–water partition coefficient (Wildman–Crippen LogP) is 3.37. The van der Waals surface area contributed by atoms with Gasteiger partial charge in [-0.15, -0.1) is 0 Å². The van der Waals surface area contributed by atoms with Gasteiger partial charge in [0.15, 0.2) is 11.5 Å². The highest BCUT2D eigenvalue weighted by molar-refractivity contribution is 5.91. The maximum Gasteiger partial charge on any atom is 0.315 e. The highest BCUT2D eigenvalue weighted by atomic mass is 16.7. The molecule has 1 aromatic carbocycles. The van der Waals surface area contributed by atoms with Crippen molar-refractivity contribution in [2.75, 3.05) is 6.79 Å². The van der Waals surface area contributed by atoms with Crippen molar-refractivity contribution >= 4 is 11.9 Å². The second kappa shape index (κ2) is 8.93. The fraction of sp³-hybridized carbons (Fsp3) is 0.636. The minimum Gasteiger partial charge on any atom is -0.454 e. The molecule has 2 aliphatic carbocycles. The van der Waals surface area contributed by atoms with Crippen LogP contribution in [-0.4, -0.2) is 30.3 Å². The molecule has 4 rings (SSSR count).